The number of aryl methyl sites for hydroxylation is 1. The second-order valence-corrected chi connectivity index (χ2v) is 5.87. The van der Waals surface area contributed by atoms with E-state index in [0.29, 0.717) is 17.9 Å². The van der Waals surface area contributed by atoms with Crippen LogP contribution < -0.4 is 15.7 Å². The Kier molecular flexibility index (Phi) is 4.84. The molecule has 0 spiro atoms. The largest absolute Gasteiger partial charge is 0.481 e. The Morgan fingerprint density at radius 2 is 1.92 bits per heavy atom. The molecule has 2 aromatic carbocycles. The van der Waals surface area contributed by atoms with Crippen molar-refractivity contribution < 1.29 is 13.9 Å². The fourth-order valence-electron chi connectivity index (χ4n) is 2.56. The molecule has 1 N–H and O–H groups in total. The quantitative estimate of drug-likeness (QED) is 0.726. The number of carbonyl (C=O) groups excluding carboxylic acids is 1. The highest BCUT2D eigenvalue weighted by atomic mass is 16.5. The van der Waals surface area contributed by atoms with Gasteiger partial charge in [-0.05, 0) is 37.1 Å². The number of benzene rings is 2. The molecule has 0 aliphatic carbocycles. The average Bonchev–Trinajstić information content (AvgIpc) is 2.60. The monoisotopic (exact) mass is 337 g/mol. The van der Waals surface area contributed by atoms with Gasteiger partial charge >= 0.3 is 5.63 Å². The Bertz CT molecular complexity index is 947. The number of ether oxygens (including phenoxy) is 1. The fourth-order valence-corrected chi connectivity index (χ4v) is 2.56. The van der Waals surface area contributed by atoms with Crippen molar-refractivity contribution in [3.63, 3.8) is 0 Å². The van der Waals surface area contributed by atoms with E-state index >= 15 is 0 Å². The lowest BCUT2D eigenvalue weighted by molar-refractivity contribution is -0.127. The Morgan fingerprint density at radius 3 is 2.68 bits per heavy atom. The summed E-state index contributed by atoms with van der Waals surface area (Å²) in [4.78, 5) is 23.7. The molecule has 0 bridgehead atoms. The summed E-state index contributed by atoms with van der Waals surface area (Å²) in [6.07, 6.45) is -0.669. The van der Waals surface area contributed by atoms with Gasteiger partial charge in [-0.2, -0.15) is 0 Å². The van der Waals surface area contributed by atoms with Crippen LogP contribution in [0.4, 0.5) is 0 Å². The topological polar surface area (TPSA) is 68.5 Å². The van der Waals surface area contributed by atoms with Gasteiger partial charge in [-0.15, -0.1) is 0 Å². The molecule has 5 heteroatoms. The van der Waals surface area contributed by atoms with Crippen molar-refractivity contribution in [3.8, 4) is 5.75 Å². The van der Waals surface area contributed by atoms with E-state index in [1.54, 1.807) is 19.1 Å². The number of nitrogens with one attached hydrogen (secondary N) is 1. The van der Waals surface area contributed by atoms with E-state index in [-0.39, 0.29) is 5.91 Å². The van der Waals surface area contributed by atoms with Crippen LogP contribution in [0.5, 0.6) is 5.75 Å². The molecule has 1 amide bonds. The first-order valence-electron chi connectivity index (χ1n) is 8.06. The molecule has 0 saturated carbocycles. The van der Waals surface area contributed by atoms with Crippen molar-refractivity contribution in [2.24, 2.45) is 0 Å². The van der Waals surface area contributed by atoms with Crippen LogP contribution in [0.3, 0.4) is 0 Å². The molecule has 0 fully saturated rings. The second kappa shape index (κ2) is 7.21. The zero-order chi connectivity index (χ0) is 17.8. The number of amides is 1. The molecule has 0 radical (unpaired) electrons. The predicted octanol–water partition coefficient (Wildman–Crippen LogP) is 3.19. The van der Waals surface area contributed by atoms with Crippen molar-refractivity contribution >= 4 is 16.9 Å². The third-order valence-electron chi connectivity index (χ3n) is 3.91. The first-order valence-corrected chi connectivity index (χ1v) is 8.06. The molecule has 1 aromatic heterocycles. The van der Waals surface area contributed by atoms with Gasteiger partial charge in [-0.3, -0.25) is 4.79 Å². The van der Waals surface area contributed by atoms with Gasteiger partial charge < -0.3 is 14.5 Å². The predicted molar refractivity (Wildman–Crippen MR) is 95.6 cm³/mol. The smallest absolute Gasteiger partial charge is 0.336 e. The Hall–Kier alpha value is -3.08. The fraction of sp³-hybridized carbons (Fsp3) is 0.200. The van der Waals surface area contributed by atoms with Crippen LogP contribution in [0.15, 0.2) is 63.8 Å². The maximum atomic E-state index is 12.2. The van der Waals surface area contributed by atoms with Crippen LogP contribution in [0.2, 0.25) is 0 Å². The summed E-state index contributed by atoms with van der Waals surface area (Å²) < 4.78 is 10.9. The van der Waals surface area contributed by atoms with Crippen molar-refractivity contribution in [3.05, 3.63) is 76.1 Å². The van der Waals surface area contributed by atoms with E-state index in [2.05, 4.69) is 5.32 Å². The number of hydrogen-bond donors (Lipinski definition) is 1. The van der Waals surface area contributed by atoms with Gasteiger partial charge in [-0.1, -0.05) is 30.3 Å². The minimum Gasteiger partial charge on any atom is -0.481 e. The van der Waals surface area contributed by atoms with Crippen molar-refractivity contribution in [2.75, 3.05) is 0 Å². The molecule has 1 atom stereocenters. The summed E-state index contributed by atoms with van der Waals surface area (Å²) in [5, 5.41) is 3.68. The van der Waals surface area contributed by atoms with Crippen LogP contribution in [0.25, 0.3) is 11.0 Å². The second-order valence-electron chi connectivity index (χ2n) is 5.87. The van der Waals surface area contributed by atoms with Gasteiger partial charge in [0.1, 0.15) is 11.3 Å². The standard InChI is InChI=1S/C20H19NO4/c1-13-10-19(22)25-18-11-16(8-9-17(13)18)24-14(2)20(23)21-12-15-6-4-3-5-7-15/h3-11,14H,12H2,1-2H3,(H,21,23)/t14-/m0/s1. The van der Waals surface area contributed by atoms with E-state index < -0.39 is 11.7 Å². The van der Waals surface area contributed by atoms with Crippen LogP contribution in [0, 0.1) is 6.92 Å². The molecule has 0 unspecified atom stereocenters. The Morgan fingerprint density at radius 1 is 1.16 bits per heavy atom. The minimum atomic E-state index is -0.669. The summed E-state index contributed by atoms with van der Waals surface area (Å²) in [5.74, 6) is 0.262. The van der Waals surface area contributed by atoms with E-state index in [1.807, 2.05) is 43.3 Å². The van der Waals surface area contributed by atoms with Crippen molar-refractivity contribution in [1.29, 1.82) is 0 Å². The third kappa shape index (κ3) is 4.07. The minimum absolute atomic E-state index is 0.213. The highest BCUT2D eigenvalue weighted by Crippen LogP contribution is 2.23. The third-order valence-corrected chi connectivity index (χ3v) is 3.91. The van der Waals surface area contributed by atoms with E-state index in [1.165, 1.54) is 6.07 Å². The molecule has 3 aromatic rings. The lowest BCUT2D eigenvalue weighted by Gasteiger charge is -2.15. The molecule has 0 saturated heterocycles. The van der Waals surface area contributed by atoms with Gasteiger partial charge in [-0.25, -0.2) is 4.79 Å². The van der Waals surface area contributed by atoms with Gasteiger partial charge in [0.2, 0.25) is 0 Å². The van der Waals surface area contributed by atoms with E-state index in [9.17, 15) is 9.59 Å². The highest BCUT2D eigenvalue weighted by molar-refractivity contribution is 5.82. The van der Waals surface area contributed by atoms with Gasteiger partial charge in [0.15, 0.2) is 6.10 Å². The molecule has 0 aliphatic rings. The normalized spacial score (nSPS) is 11.9. The molecule has 5 nitrogen and oxygen atoms in total. The number of hydrogen-bond acceptors (Lipinski definition) is 4. The highest BCUT2D eigenvalue weighted by Gasteiger charge is 2.15. The Balaban J connectivity index is 1.67. The first-order chi connectivity index (χ1) is 12.0. The number of carbonyl (C=O) groups is 1. The van der Waals surface area contributed by atoms with Crippen molar-refractivity contribution in [1.82, 2.24) is 5.32 Å². The molecule has 3 rings (SSSR count). The van der Waals surface area contributed by atoms with Crippen LogP contribution in [-0.2, 0) is 11.3 Å². The zero-order valence-corrected chi connectivity index (χ0v) is 14.1. The van der Waals surface area contributed by atoms with Crippen molar-refractivity contribution in [2.45, 2.75) is 26.5 Å². The summed E-state index contributed by atoms with van der Waals surface area (Å²) in [6.45, 7) is 3.97. The van der Waals surface area contributed by atoms with E-state index in [0.717, 1.165) is 16.5 Å². The zero-order valence-electron chi connectivity index (χ0n) is 14.1. The summed E-state index contributed by atoms with van der Waals surface area (Å²) in [7, 11) is 0. The molecule has 25 heavy (non-hydrogen) atoms. The summed E-state index contributed by atoms with van der Waals surface area (Å²) in [5.41, 5.74) is 1.90. The molecular weight excluding hydrogens is 318 g/mol. The maximum absolute atomic E-state index is 12.2. The maximum Gasteiger partial charge on any atom is 0.336 e. The van der Waals surface area contributed by atoms with Gasteiger partial charge in [0.25, 0.3) is 5.91 Å². The van der Waals surface area contributed by atoms with Crippen LogP contribution in [-0.4, -0.2) is 12.0 Å². The molecule has 1 heterocycles. The number of fused-ring (bicyclic) bond motifs is 1. The summed E-state index contributed by atoms with van der Waals surface area (Å²) >= 11 is 0. The molecule has 128 valence electrons. The van der Waals surface area contributed by atoms with Gasteiger partial charge in [0, 0.05) is 24.1 Å². The van der Waals surface area contributed by atoms with Crippen LogP contribution in [0.1, 0.15) is 18.1 Å². The SMILES string of the molecule is Cc1cc(=O)oc2cc(O[C@@H](C)C(=O)NCc3ccccc3)ccc12. The lowest BCUT2D eigenvalue weighted by Crippen LogP contribution is -2.35. The lowest BCUT2D eigenvalue weighted by atomic mass is 10.1. The summed E-state index contributed by atoms with van der Waals surface area (Å²) in [6, 6.07) is 16.3. The molecule has 0 aliphatic heterocycles. The molecular formula is C20H19NO4. The first kappa shape index (κ1) is 16.8. The van der Waals surface area contributed by atoms with Crippen LogP contribution >= 0.6 is 0 Å². The average molecular weight is 337 g/mol. The number of rotatable bonds is 5. The van der Waals surface area contributed by atoms with E-state index in [4.69, 9.17) is 9.15 Å². The van der Waals surface area contributed by atoms with Gasteiger partial charge in [0.05, 0.1) is 0 Å². The Labute approximate surface area is 145 Å².